The van der Waals surface area contributed by atoms with Gasteiger partial charge < -0.3 is 14.2 Å². The van der Waals surface area contributed by atoms with Gasteiger partial charge >= 0.3 is 5.97 Å². The van der Waals surface area contributed by atoms with Crippen LogP contribution in [0.2, 0.25) is 0 Å². The van der Waals surface area contributed by atoms with Crippen LogP contribution in [0.1, 0.15) is 39.6 Å². The summed E-state index contributed by atoms with van der Waals surface area (Å²) < 4.78 is 16.0. The van der Waals surface area contributed by atoms with E-state index in [4.69, 9.17) is 14.2 Å². The summed E-state index contributed by atoms with van der Waals surface area (Å²) in [5.41, 5.74) is 1.48. The van der Waals surface area contributed by atoms with Crippen molar-refractivity contribution in [3.8, 4) is 11.5 Å². The lowest BCUT2D eigenvalue weighted by molar-refractivity contribution is -0.137. The van der Waals surface area contributed by atoms with Gasteiger partial charge in [0.2, 0.25) is 0 Å². The Morgan fingerprint density at radius 3 is 2.33 bits per heavy atom. The maximum atomic E-state index is 12.3. The molecule has 0 unspecified atom stereocenters. The standard InChI is InChI=1S/C23H23NO6/c1-3-13-29-19-10-8-16(15-20(19)28-2)9-11-21(25)30-14-12-24-22(26)17-6-4-5-7-18(17)23(24)27/h4-11,15H,3,12-14H2,1-2H3/b11-9+. The smallest absolute Gasteiger partial charge is 0.330 e. The van der Waals surface area contributed by atoms with Crippen LogP contribution in [-0.2, 0) is 9.53 Å². The number of nitrogens with zero attached hydrogens (tertiary/aromatic N) is 1. The first-order valence-electron chi connectivity index (χ1n) is 9.66. The van der Waals surface area contributed by atoms with Crippen LogP contribution in [0.4, 0.5) is 0 Å². The maximum Gasteiger partial charge on any atom is 0.330 e. The fourth-order valence-electron chi connectivity index (χ4n) is 3.01. The Morgan fingerprint density at radius 2 is 1.70 bits per heavy atom. The van der Waals surface area contributed by atoms with Gasteiger partial charge in [-0.1, -0.05) is 25.1 Å². The SMILES string of the molecule is CCCOc1ccc(/C=C/C(=O)OCCN2C(=O)c3ccccc3C2=O)cc1OC. The third kappa shape index (κ3) is 4.68. The molecule has 30 heavy (non-hydrogen) atoms. The monoisotopic (exact) mass is 409 g/mol. The third-order valence-corrected chi connectivity index (χ3v) is 4.50. The van der Waals surface area contributed by atoms with Crippen LogP contribution in [0.5, 0.6) is 11.5 Å². The van der Waals surface area contributed by atoms with Crippen LogP contribution in [0.25, 0.3) is 6.08 Å². The molecule has 0 fully saturated rings. The van der Waals surface area contributed by atoms with Crippen molar-refractivity contribution in [1.82, 2.24) is 4.90 Å². The van der Waals surface area contributed by atoms with Crippen molar-refractivity contribution in [2.24, 2.45) is 0 Å². The Balaban J connectivity index is 1.52. The van der Waals surface area contributed by atoms with Crippen LogP contribution < -0.4 is 9.47 Å². The number of methoxy groups -OCH3 is 1. The normalized spacial score (nSPS) is 12.9. The average molecular weight is 409 g/mol. The molecule has 1 heterocycles. The van der Waals surface area contributed by atoms with E-state index in [0.717, 1.165) is 16.9 Å². The number of benzene rings is 2. The number of carbonyl (C=O) groups excluding carboxylic acids is 3. The van der Waals surface area contributed by atoms with E-state index in [2.05, 4.69) is 0 Å². The highest BCUT2D eigenvalue weighted by atomic mass is 16.5. The fraction of sp³-hybridized carbons (Fsp3) is 0.261. The molecule has 0 atom stereocenters. The van der Waals surface area contributed by atoms with Gasteiger partial charge in [-0.25, -0.2) is 4.79 Å². The topological polar surface area (TPSA) is 82.1 Å². The molecule has 2 amide bonds. The molecular weight excluding hydrogens is 386 g/mol. The summed E-state index contributed by atoms with van der Waals surface area (Å²) in [6, 6.07) is 12.0. The van der Waals surface area contributed by atoms with Gasteiger partial charge in [0, 0.05) is 6.08 Å². The minimum Gasteiger partial charge on any atom is -0.493 e. The second kappa shape index (κ2) is 9.73. The van der Waals surface area contributed by atoms with E-state index in [1.54, 1.807) is 55.7 Å². The molecule has 0 bridgehead atoms. The zero-order chi connectivity index (χ0) is 21.5. The van der Waals surface area contributed by atoms with Crippen molar-refractivity contribution < 1.29 is 28.6 Å². The molecule has 2 aromatic carbocycles. The van der Waals surface area contributed by atoms with Gasteiger partial charge in [-0.15, -0.1) is 0 Å². The molecule has 156 valence electrons. The largest absolute Gasteiger partial charge is 0.493 e. The minimum absolute atomic E-state index is 0.00319. The zero-order valence-corrected chi connectivity index (χ0v) is 16.9. The van der Waals surface area contributed by atoms with E-state index in [-0.39, 0.29) is 25.0 Å². The van der Waals surface area contributed by atoms with Gasteiger partial charge in [-0.05, 0) is 42.3 Å². The van der Waals surface area contributed by atoms with Crippen molar-refractivity contribution in [2.75, 3.05) is 26.9 Å². The van der Waals surface area contributed by atoms with Gasteiger partial charge in [0.1, 0.15) is 6.61 Å². The second-order valence-electron chi connectivity index (χ2n) is 6.57. The number of carbonyl (C=O) groups is 3. The van der Waals surface area contributed by atoms with Crippen molar-refractivity contribution in [3.05, 3.63) is 65.2 Å². The number of hydrogen-bond donors (Lipinski definition) is 0. The highest BCUT2D eigenvalue weighted by molar-refractivity contribution is 6.21. The Hall–Kier alpha value is -3.61. The Morgan fingerprint density at radius 1 is 1.00 bits per heavy atom. The molecule has 7 nitrogen and oxygen atoms in total. The first-order valence-corrected chi connectivity index (χ1v) is 9.66. The number of amides is 2. The van der Waals surface area contributed by atoms with E-state index in [1.165, 1.54) is 6.08 Å². The van der Waals surface area contributed by atoms with Crippen molar-refractivity contribution in [2.45, 2.75) is 13.3 Å². The zero-order valence-electron chi connectivity index (χ0n) is 16.9. The number of imide groups is 1. The molecule has 1 aliphatic heterocycles. The molecule has 0 aromatic heterocycles. The highest BCUT2D eigenvalue weighted by Crippen LogP contribution is 2.28. The van der Waals surface area contributed by atoms with Gasteiger partial charge in [0.05, 0.1) is 31.4 Å². The van der Waals surface area contributed by atoms with Crippen molar-refractivity contribution in [3.63, 3.8) is 0 Å². The molecule has 0 aliphatic carbocycles. The van der Waals surface area contributed by atoms with E-state index in [1.807, 2.05) is 6.92 Å². The number of hydrogen-bond acceptors (Lipinski definition) is 6. The summed E-state index contributed by atoms with van der Waals surface area (Å²) in [6.45, 7) is 2.53. The number of rotatable bonds is 9. The predicted octanol–water partition coefficient (Wildman–Crippen LogP) is 3.34. The van der Waals surface area contributed by atoms with Gasteiger partial charge in [0.15, 0.2) is 11.5 Å². The molecule has 1 aliphatic rings. The lowest BCUT2D eigenvalue weighted by atomic mass is 10.1. The number of fused-ring (bicyclic) bond motifs is 1. The van der Waals surface area contributed by atoms with E-state index >= 15 is 0 Å². The summed E-state index contributed by atoms with van der Waals surface area (Å²) >= 11 is 0. The van der Waals surface area contributed by atoms with Crippen LogP contribution in [-0.4, -0.2) is 49.6 Å². The third-order valence-electron chi connectivity index (χ3n) is 4.50. The molecule has 7 heteroatoms. The molecule has 0 spiro atoms. The summed E-state index contributed by atoms with van der Waals surface area (Å²) in [6.07, 6.45) is 3.76. The van der Waals surface area contributed by atoms with Gasteiger partial charge in [0.25, 0.3) is 11.8 Å². The van der Waals surface area contributed by atoms with Crippen LogP contribution in [0.15, 0.2) is 48.5 Å². The Kier molecular flexibility index (Phi) is 6.85. The molecular formula is C23H23NO6. The molecule has 0 radical (unpaired) electrons. The lowest BCUT2D eigenvalue weighted by Gasteiger charge is -2.13. The summed E-state index contributed by atoms with van der Waals surface area (Å²) in [5, 5.41) is 0. The van der Waals surface area contributed by atoms with Crippen molar-refractivity contribution in [1.29, 1.82) is 0 Å². The lowest BCUT2D eigenvalue weighted by Crippen LogP contribution is -2.33. The van der Waals surface area contributed by atoms with Crippen LogP contribution in [0.3, 0.4) is 0 Å². The fourth-order valence-corrected chi connectivity index (χ4v) is 3.01. The van der Waals surface area contributed by atoms with E-state index in [0.29, 0.717) is 29.2 Å². The molecule has 0 saturated heterocycles. The molecule has 0 N–H and O–H groups in total. The van der Waals surface area contributed by atoms with Crippen molar-refractivity contribution >= 4 is 23.9 Å². The summed E-state index contributed by atoms with van der Waals surface area (Å²) in [7, 11) is 1.55. The molecule has 3 rings (SSSR count). The van der Waals surface area contributed by atoms with Crippen LogP contribution >= 0.6 is 0 Å². The number of esters is 1. The first kappa shape index (κ1) is 21.1. The minimum atomic E-state index is -0.572. The van der Waals surface area contributed by atoms with Gasteiger partial charge in [-0.3, -0.25) is 14.5 Å². The van der Waals surface area contributed by atoms with Crippen LogP contribution in [0, 0.1) is 0 Å². The summed E-state index contributed by atoms with van der Waals surface area (Å²) in [5.74, 6) is -0.110. The highest BCUT2D eigenvalue weighted by Gasteiger charge is 2.34. The number of ether oxygens (including phenoxy) is 3. The second-order valence-corrected chi connectivity index (χ2v) is 6.57. The van der Waals surface area contributed by atoms with E-state index in [9.17, 15) is 14.4 Å². The van der Waals surface area contributed by atoms with Gasteiger partial charge in [-0.2, -0.15) is 0 Å². The predicted molar refractivity (Wildman–Crippen MR) is 111 cm³/mol. The Bertz CT molecular complexity index is 946. The average Bonchev–Trinajstić information content (AvgIpc) is 3.01. The molecule has 0 saturated carbocycles. The molecule has 2 aromatic rings. The maximum absolute atomic E-state index is 12.3. The quantitative estimate of drug-likeness (QED) is 0.359. The first-order chi connectivity index (χ1) is 14.5. The summed E-state index contributed by atoms with van der Waals surface area (Å²) in [4.78, 5) is 37.6. The van der Waals surface area contributed by atoms with E-state index < -0.39 is 5.97 Å². The Labute approximate surface area is 174 Å².